The van der Waals surface area contributed by atoms with E-state index in [9.17, 15) is 9.59 Å². The van der Waals surface area contributed by atoms with Crippen LogP contribution in [0.4, 0.5) is 4.79 Å². The third kappa shape index (κ3) is 2.58. The maximum Gasteiger partial charge on any atom is 0.325 e. The number of carbonyl (C=O) groups excluding carboxylic acids is 2. The molecule has 1 atom stereocenters. The van der Waals surface area contributed by atoms with Crippen molar-refractivity contribution in [3.05, 3.63) is 58.7 Å². The molecule has 2 aliphatic rings. The Balaban J connectivity index is 1.64. The van der Waals surface area contributed by atoms with Crippen molar-refractivity contribution in [1.82, 2.24) is 10.2 Å². The first-order chi connectivity index (χ1) is 12.4. The molecule has 0 aromatic heterocycles. The van der Waals surface area contributed by atoms with Crippen LogP contribution >= 0.6 is 0 Å². The maximum absolute atomic E-state index is 13.1. The first-order valence-corrected chi connectivity index (χ1v) is 8.48. The molecule has 0 saturated carbocycles. The van der Waals surface area contributed by atoms with E-state index >= 15 is 0 Å². The molecule has 4 rings (SSSR count). The number of hydrogen-bond donors (Lipinski definition) is 1. The molecule has 6 heteroatoms. The first-order valence-electron chi connectivity index (χ1n) is 8.48. The number of imide groups is 1. The van der Waals surface area contributed by atoms with Gasteiger partial charge in [-0.2, -0.15) is 0 Å². The Morgan fingerprint density at radius 3 is 2.46 bits per heavy atom. The lowest BCUT2D eigenvalue weighted by Gasteiger charge is -2.22. The van der Waals surface area contributed by atoms with Crippen LogP contribution in [0.15, 0.2) is 36.4 Å². The van der Waals surface area contributed by atoms with Gasteiger partial charge in [0.15, 0.2) is 11.5 Å². The Morgan fingerprint density at radius 1 is 1.04 bits per heavy atom. The molecule has 0 spiro atoms. The SMILES string of the molecule is Cc1cc(C)cc(CN2C(=O)NC(C)(c3ccc4c(c3)OCO4)C2=O)c1. The monoisotopic (exact) mass is 352 g/mol. The zero-order valence-corrected chi connectivity index (χ0v) is 15.0. The van der Waals surface area contributed by atoms with Crippen LogP contribution in [0, 0.1) is 13.8 Å². The van der Waals surface area contributed by atoms with Gasteiger partial charge in [0.25, 0.3) is 5.91 Å². The van der Waals surface area contributed by atoms with E-state index in [2.05, 4.69) is 11.4 Å². The zero-order valence-electron chi connectivity index (χ0n) is 15.0. The molecular weight excluding hydrogens is 332 g/mol. The van der Waals surface area contributed by atoms with Crippen molar-refractivity contribution in [1.29, 1.82) is 0 Å². The average molecular weight is 352 g/mol. The summed E-state index contributed by atoms with van der Waals surface area (Å²) in [7, 11) is 0. The summed E-state index contributed by atoms with van der Waals surface area (Å²) in [5.41, 5.74) is 2.68. The summed E-state index contributed by atoms with van der Waals surface area (Å²) in [5, 5.41) is 2.83. The van der Waals surface area contributed by atoms with Gasteiger partial charge in [0, 0.05) is 0 Å². The van der Waals surface area contributed by atoms with Gasteiger partial charge in [0.05, 0.1) is 6.54 Å². The van der Waals surface area contributed by atoms with E-state index in [-0.39, 0.29) is 19.2 Å². The number of rotatable bonds is 3. The van der Waals surface area contributed by atoms with Gasteiger partial charge in [0.2, 0.25) is 6.79 Å². The maximum atomic E-state index is 13.1. The van der Waals surface area contributed by atoms with E-state index in [0.29, 0.717) is 17.1 Å². The van der Waals surface area contributed by atoms with E-state index in [1.807, 2.05) is 26.0 Å². The Hall–Kier alpha value is -3.02. The smallest absolute Gasteiger partial charge is 0.325 e. The van der Waals surface area contributed by atoms with Gasteiger partial charge in [-0.25, -0.2) is 4.79 Å². The standard InChI is InChI=1S/C20H20N2O4/c1-12-6-13(2)8-14(7-12)10-22-18(23)20(3,21-19(22)24)15-4-5-16-17(9-15)26-11-25-16/h4-9H,10-11H2,1-3H3,(H,21,24). The lowest BCUT2D eigenvalue weighted by Crippen LogP contribution is -2.40. The molecule has 1 N–H and O–H groups in total. The largest absolute Gasteiger partial charge is 0.454 e. The molecule has 1 saturated heterocycles. The van der Waals surface area contributed by atoms with Gasteiger partial charge < -0.3 is 14.8 Å². The number of hydrogen-bond acceptors (Lipinski definition) is 4. The second-order valence-electron chi connectivity index (χ2n) is 7.01. The third-order valence-corrected chi connectivity index (χ3v) is 4.85. The van der Waals surface area contributed by atoms with Crippen LogP contribution < -0.4 is 14.8 Å². The van der Waals surface area contributed by atoms with Crippen molar-refractivity contribution in [3.63, 3.8) is 0 Å². The lowest BCUT2D eigenvalue weighted by molar-refractivity contribution is -0.131. The van der Waals surface area contributed by atoms with E-state index in [4.69, 9.17) is 9.47 Å². The highest BCUT2D eigenvalue weighted by molar-refractivity contribution is 6.07. The van der Waals surface area contributed by atoms with Crippen LogP contribution in [-0.2, 0) is 16.9 Å². The Labute approximate surface area is 151 Å². The predicted molar refractivity (Wildman–Crippen MR) is 94.9 cm³/mol. The van der Waals surface area contributed by atoms with E-state index in [1.165, 1.54) is 4.90 Å². The molecule has 134 valence electrons. The summed E-state index contributed by atoms with van der Waals surface area (Å²) < 4.78 is 10.7. The number of amides is 3. The summed E-state index contributed by atoms with van der Waals surface area (Å²) in [5.74, 6) is 0.945. The second kappa shape index (κ2) is 5.76. The van der Waals surface area contributed by atoms with Crippen molar-refractivity contribution in [2.75, 3.05) is 6.79 Å². The van der Waals surface area contributed by atoms with E-state index < -0.39 is 11.6 Å². The normalized spacial score (nSPS) is 21.3. The summed E-state index contributed by atoms with van der Waals surface area (Å²) in [6.07, 6.45) is 0. The Kier molecular flexibility index (Phi) is 3.64. The van der Waals surface area contributed by atoms with Crippen molar-refractivity contribution in [2.24, 2.45) is 0 Å². The van der Waals surface area contributed by atoms with E-state index in [0.717, 1.165) is 16.7 Å². The molecule has 2 aromatic rings. The van der Waals surface area contributed by atoms with Crippen LogP contribution in [0.25, 0.3) is 0 Å². The third-order valence-electron chi connectivity index (χ3n) is 4.85. The Bertz CT molecular complexity index is 904. The van der Waals surface area contributed by atoms with Crippen molar-refractivity contribution in [2.45, 2.75) is 32.9 Å². The molecule has 0 bridgehead atoms. The predicted octanol–water partition coefficient (Wildman–Crippen LogP) is 3.00. The lowest BCUT2D eigenvalue weighted by atomic mass is 9.91. The van der Waals surface area contributed by atoms with Gasteiger partial charge in [-0.3, -0.25) is 9.69 Å². The van der Waals surface area contributed by atoms with Gasteiger partial charge in [0.1, 0.15) is 5.54 Å². The number of nitrogens with zero attached hydrogens (tertiary/aromatic N) is 1. The molecule has 2 aliphatic heterocycles. The summed E-state index contributed by atoms with van der Waals surface area (Å²) in [6.45, 7) is 6.12. The van der Waals surface area contributed by atoms with Gasteiger partial charge in [-0.1, -0.05) is 35.4 Å². The van der Waals surface area contributed by atoms with Crippen molar-refractivity contribution < 1.29 is 19.1 Å². The second-order valence-corrected chi connectivity index (χ2v) is 7.01. The molecule has 1 unspecified atom stereocenters. The molecule has 0 radical (unpaired) electrons. The molecule has 1 fully saturated rings. The highest BCUT2D eigenvalue weighted by Gasteiger charge is 2.49. The topological polar surface area (TPSA) is 67.9 Å². The average Bonchev–Trinajstić information content (AvgIpc) is 3.12. The number of urea groups is 1. The van der Waals surface area contributed by atoms with Crippen LogP contribution in [0.1, 0.15) is 29.2 Å². The molecule has 0 aliphatic carbocycles. The highest BCUT2D eigenvalue weighted by atomic mass is 16.7. The van der Waals surface area contributed by atoms with Crippen molar-refractivity contribution >= 4 is 11.9 Å². The number of ether oxygens (including phenoxy) is 2. The van der Waals surface area contributed by atoms with Crippen LogP contribution in [0.5, 0.6) is 11.5 Å². The number of benzene rings is 2. The van der Waals surface area contributed by atoms with E-state index in [1.54, 1.807) is 25.1 Å². The van der Waals surface area contributed by atoms with Crippen LogP contribution in [0.3, 0.4) is 0 Å². The Morgan fingerprint density at radius 2 is 1.73 bits per heavy atom. The van der Waals surface area contributed by atoms with Crippen LogP contribution in [-0.4, -0.2) is 23.6 Å². The number of nitrogens with one attached hydrogen (secondary N) is 1. The zero-order chi connectivity index (χ0) is 18.5. The molecule has 2 heterocycles. The minimum atomic E-state index is -1.13. The molecular formula is C20H20N2O4. The van der Waals surface area contributed by atoms with Gasteiger partial charge in [-0.05, 0) is 44.0 Å². The van der Waals surface area contributed by atoms with Gasteiger partial charge in [-0.15, -0.1) is 0 Å². The number of carbonyl (C=O) groups is 2. The molecule has 2 aromatic carbocycles. The quantitative estimate of drug-likeness (QED) is 0.863. The van der Waals surface area contributed by atoms with Crippen molar-refractivity contribution in [3.8, 4) is 11.5 Å². The minimum Gasteiger partial charge on any atom is -0.454 e. The molecule has 6 nitrogen and oxygen atoms in total. The van der Waals surface area contributed by atoms with Gasteiger partial charge >= 0.3 is 6.03 Å². The fourth-order valence-corrected chi connectivity index (χ4v) is 3.59. The number of fused-ring (bicyclic) bond motifs is 1. The van der Waals surface area contributed by atoms with Crippen LogP contribution in [0.2, 0.25) is 0 Å². The molecule has 3 amide bonds. The fraction of sp³-hybridized carbons (Fsp3) is 0.300. The highest BCUT2D eigenvalue weighted by Crippen LogP contribution is 2.38. The number of aryl methyl sites for hydroxylation is 2. The fourth-order valence-electron chi connectivity index (χ4n) is 3.59. The molecule has 26 heavy (non-hydrogen) atoms. The summed E-state index contributed by atoms with van der Waals surface area (Å²) >= 11 is 0. The summed E-state index contributed by atoms with van der Waals surface area (Å²) in [4.78, 5) is 26.9. The summed E-state index contributed by atoms with van der Waals surface area (Å²) in [6, 6.07) is 10.9. The minimum absolute atomic E-state index is 0.161. The first kappa shape index (κ1) is 16.4.